The first-order chi connectivity index (χ1) is 11.9. The lowest BCUT2D eigenvalue weighted by Crippen LogP contribution is -2.34. The van der Waals surface area contributed by atoms with Crippen molar-refractivity contribution in [2.24, 2.45) is 0 Å². The Morgan fingerprint density at radius 1 is 1.20 bits per heavy atom. The molecule has 2 aromatic rings. The zero-order chi connectivity index (χ0) is 18.4. The number of nitrogens with zero attached hydrogens (tertiary/aromatic N) is 2. The lowest BCUT2D eigenvalue weighted by atomic mass is 10.1. The molecule has 0 unspecified atom stereocenters. The van der Waals surface area contributed by atoms with Crippen molar-refractivity contribution in [3.8, 4) is 0 Å². The number of aryl methyl sites for hydroxylation is 1. The second-order valence-corrected chi connectivity index (χ2v) is 5.58. The summed E-state index contributed by atoms with van der Waals surface area (Å²) < 4.78 is 5.89. The topological polar surface area (TPSA) is 101 Å². The number of aromatic amines is 1. The van der Waals surface area contributed by atoms with Gasteiger partial charge >= 0.3 is 11.7 Å². The highest BCUT2D eigenvalue weighted by molar-refractivity contribution is 5.80. The molecule has 0 saturated carbocycles. The lowest BCUT2D eigenvalue weighted by molar-refractivity contribution is -0.152. The smallest absolute Gasteiger partial charge is 0.328 e. The molecule has 8 nitrogen and oxygen atoms in total. The maximum absolute atomic E-state index is 12.1. The summed E-state index contributed by atoms with van der Waals surface area (Å²) in [6, 6.07) is 8.81. The van der Waals surface area contributed by atoms with E-state index < -0.39 is 23.8 Å². The maximum Gasteiger partial charge on any atom is 0.328 e. The number of carbonyl (C=O) groups is 2. The van der Waals surface area contributed by atoms with Gasteiger partial charge in [0.15, 0.2) is 6.61 Å². The Balaban J connectivity index is 1.86. The van der Waals surface area contributed by atoms with Gasteiger partial charge in [0.1, 0.15) is 6.54 Å². The molecule has 0 radical (unpaired) electrons. The Kier molecular flexibility index (Phi) is 5.89. The van der Waals surface area contributed by atoms with Crippen LogP contribution in [0.3, 0.4) is 0 Å². The molecule has 8 heteroatoms. The molecule has 1 N–H and O–H groups in total. The number of amides is 1. The molecule has 0 fully saturated rings. The Morgan fingerprint density at radius 2 is 1.92 bits per heavy atom. The van der Waals surface area contributed by atoms with Crippen molar-refractivity contribution in [3.63, 3.8) is 0 Å². The Labute approximate surface area is 143 Å². The standard InChI is InChI=1S/C17H19N3O5/c1-12-5-3-4-6-13(12)9-19(2)15(22)11-25-16(23)10-20-8-7-14(21)18-17(20)24/h3-8H,9-11H2,1-2H3,(H,18,21,24). The van der Waals surface area contributed by atoms with E-state index >= 15 is 0 Å². The van der Waals surface area contributed by atoms with Crippen LogP contribution >= 0.6 is 0 Å². The predicted molar refractivity (Wildman–Crippen MR) is 89.9 cm³/mol. The van der Waals surface area contributed by atoms with Gasteiger partial charge in [-0.1, -0.05) is 24.3 Å². The Bertz CT molecular complexity index is 884. The molecule has 1 aromatic heterocycles. The van der Waals surface area contributed by atoms with Gasteiger partial charge < -0.3 is 9.64 Å². The average molecular weight is 345 g/mol. The quantitative estimate of drug-likeness (QED) is 0.745. The van der Waals surface area contributed by atoms with Crippen LogP contribution in [0.5, 0.6) is 0 Å². The van der Waals surface area contributed by atoms with Crippen LogP contribution in [-0.4, -0.2) is 40.0 Å². The molecule has 0 aliphatic heterocycles. The fraction of sp³-hybridized carbons (Fsp3) is 0.294. The normalized spacial score (nSPS) is 10.3. The molecule has 25 heavy (non-hydrogen) atoms. The van der Waals surface area contributed by atoms with Crippen molar-refractivity contribution in [2.75, 3.05) is 13.7 Å². The van der Waals surface area contributed by atoms with Gasteiger partial charge in [-0.2, -0.15) is 0 Å². The molecule has 0 aliphatic carbocycles. The number of esters is 1. The minimum Gasteiger partial charge on any atom is -0.454 e. The molecule has 2 rings (SSSR count). The Morgan fingerprint density at radius 3 is 2.60 bits per heavy atom. The lowest BCUT2D eigenvalue weighted by Gasteiger charge is -2.18. The molecular weight excluding hydrogens is 326 g/mol. The fourth-order valence-electron chi connectivity index (χ4n) is 2.14. The van der Waals surface area contributed by atoms with E-state index in [0.717, 1.165) is 21.8 Å². The molecule has 0 aliphatic rings. The van der Waals surface area contributed by atoms with Crippen molar-refractivity contribution in [1.82, 2.24) is 14.5 Å². The van der Waals surface area contributed by atoms with E-state index in [4.69, 9.17) is 4.74 Å². The first-order valence-electron chi connectivity index (χ1n) is 7.60. The molecule has 0 spiro atoms. The summed E-state index contributed by atoms with van der Waals surface area (Å²) in [6.07, 6.45) is 1.19. The second-order valence-electron chi connectivity index (χ2n) is 5.58. The number of rotatable bonds is 6. The van der Waals surface area contributed by atoms with Crippen molar-refractivity contribution >= 4 is 11.9 Å². The summed E-state index contributed by atoms with van der Waals surface area (Å²) >= 11 is 0. The van der Waals surface area contributed by atoms with E-state index in [1.807, 2.05) is 36.2 Å². The molecule has 0 atom stereocenters. The van der Waals surface area contributed by atoms with E-state index in [-0.39, 0.29) is 12.5 Å². The highest BCUT2D eigenvalue weighted by atomic mass is 16.5. The zero-order valence-corrected chi connectivity index (χ0v) is 14.0. The van der Waals surface area contributed by atoms with Gasteiger partial charge in [-0.15, -0.1) is 0 Å². The highest BCUT2D eigenvalue weighted by Crippen LogP contribution is 2.09. The summed E-state index contributed by atoms with van der Waals surface area (Å²) in [4.78, 5) is 49.7. The summed E-state index contributed by atoms with van der Waals surface area (Å²) in [5, 5.41) is 0. The summed E-state index contributed by atoms with van der Waals surface area (Å²) in [5.41, 5.74) is 0.802. The first kappa shape index (κ1) is 18.2. The van der Waals surface area contributed by atoms with Crippen LogP contribution in [0.25, 0.3) is 0 Å². The third kappa shape index (κ3) is 5.17. The molecule has 1 aromatic carbocycles. The van der Waals surface area contributed by atoms with E-state index in [1.165, 1.54) is 11.1 Å². The number of aromatic nitrogens is 2. The summed E-state index contributed by atoms with van der Waals surface area (Å²) in [7, 11) is 1.62. The van der Waals surface area contributed by atoms with E-state index in [1.54, 1.807) is 7.05 Å². The van der Waals surface area contributed by atoms with E-state index in [2.05, 4.69) is 0 Å². The SMILES string of the molecule is Cc1ccccc1CN(C)C(=O)COC(=O)Cn1ccc(=O)[nH]c1=O. The van der Waals surface area contributed by atoms with Gasteiger partial charge in [-0.3, -0.25) is 23.9 Å². The van der Waals surface area contributed by atoms with Crippen LogP contribution in [0.1, 0.15) is 11.1 Å². The summed E-state index contributed by atoms with van der Waals surface area (Å²) in [6.45, 7) is 1.56. The van der Waals surface area contributed by atoms with Crippen LogP contribution in [0.15, 0.2) is 46.1 Å². The van der Waals surface area contributed by atoms with Gasteiger partial charge in [-0.25, -0.2) is 4.79 Å². The molecule has 1 amide bonds. The number of nitrogens with one attached hydrogen (secondary N) is 1. The van der Waals surface area contributed by atoms with Crippen LogP contribution in [0.2, 0.25) is 0 Å². The van der Waals surface area contributed by atoms with Crippen molar-refractivity contribution in [3.05, 3.63) is 68.5 Å². The molecule has 1 heterocycles. The van der Waals surface area contributed by atoms with Crippen LogP contribution in [-0.2, 0) is 27.4 Å². The van der Waals surface area contributed by atoms with Crippen molar-refractivity contribution in [2.45, 2.75) is 20.0 Å². The average Bonchev–Trinajstić information content (AvgIpc) is 2.57. The predicted octanol–water partition coefficient (Wildman–Crippen LogP) is 0.0468. The maximum atomic E-state index is 12.1. The van der Waals surface area contributed by atoms with Crippen molar-refractivity contribution in [1.29, 1.82) is 0 Å². The number of hydrogen-bond acceptors (Lipinski definition) is 5. The number of carbonyl (C=O) groups excluding carboxylic acids is 2. The number of H-pyrrole nitrogens is 1. The highest BCUT2D eigenvalue weighted by Gasteiger charge is 2.14. The first-order valence-corrected chi connectivity index (χ1v) is 7.60. The van der Waals surface area contributed by atoms with Gasteiger partial charge in [0, 0.05) is 25.9 Å². The van der Waals surface area contributed by atoms with E-state index in [0.29, 0.717) is 6.54 Å². The number of ether oxygens (including phenoxy) is 1. The molecule has 0 saturated heterocycles. The van der Waals surface area contributed by atoms with Gasteiger partial charge in [-0.05, 0) is 18.1 Å². The Hall–Kier alpha value is -3.16. The van der Waals surface area contributed by atoms with Crippen molar-refractivity contribution < 1.29 is 14.3 Å². The zero-order valence-electron chi connectivity index (χ0n) is 14.0. The fourth-order valence-corrected chi connectivity index (χ4v) is 2.14. The van der Waals surface area contributed by atoms with Crippen LogP contribution in [0.4, 0.5) is 0 Å². The van der Waals surface area contributed by atoms with E-state index in [9.17, 15) is 19.2 Å². The number of hydrogen-bond donors (Lipinski definition) is 1. The van der Waals surface area contributed by atoms with Gasteiger partial charge in [0.25, 0.3) is 11.5 Å². The third-order valence-electron chi connectivity index (χ3n) is 3.65. The second kappa shape index (κ2) is 8.09. The minimum atomic E-state index is -0.744. The minimum absolute atomic E-state index is 0.356. The van der Waals surface area contributed by atoms with Crippen LogP contribution in [0, 0.1) is 6.92 Å². The number of likely N-dealkylation sites (N-methyl/N-ethyl adjacent to an activating group) is 1. The summed E-state index contributed by atoms with van der Waals surface area (Å²) in [5.74, 6) is -1.10. The largest absolute Gasteiger partial charge is 0.454 e. The molecule has 132 valence electrons. The molecular formula is C17H19N3O5. The monoisotopic (exact) mass is 345 g/mol. The molecule has 0 bridgehead atoms. The van der Waals surface area contributed by atoms with Gasteiger partial charge in [0.2, 0.25) is 0 Å². The number of benzene rings is 1. The van der Waals surface area contributed by atoms with Gasteiger partial charge in [0.05, 0.1) is 0 Å². The van der Waals surface area contributed by atoms with Crippen LogP contribution < -0.4 is 11.2 Å². The third-order valence-corrected chi connectivity index (χ3v) is 3.65.